The highest BCUT2D eigenvalue weighted by molar-refractivity contribution is 9.10. The summed E-state index contributed by atoms with van der Waals surface area (Å²) in [5, 5.41) is 9.76. The fraction of sp³-hybridized carbons (Fsp3) is 0.455. The Bertz CT molecular complexity index is 342. The quantitative estimate of drug-likeness (QED) is 0.884. The van der Waals surface area contributed by atoms with Crippen molar-refractivity contribution >= 4 is 15.9 Å². The Morgan fingerprint density at radius 3 is 2.73 bits per heavy atom. The van der Waals surface area contributed by atoms with E-state index >= 15 is 0 Å². The van der Waals surface area contributed by atoms with Crippen LogP contribution in [0.1, 0.15) is 24.2 Å². The lowest BCUT2D eigenvalue weighted by Crippen LogP contribution is -2.13. The van der Waals surface area contributed by atoms with Gasteiger partial charge in [0.15, 0.2) is 0 Å². The van der Waals surface area contributed by atoms with Crippen LogP contribution >= 0.6 is 15.9 Å². The fourth-order valence-corrected chi connectivity index (χ4v) is 2.06. The summed E-state index contributed by atoms with van der Waals surface area (Å²) in [6.07, 6.45) is -0.678. The van der Waals surface area contributed by atoms with E-state index in [9.17, 15) is 5.11 Å². The van der Waals surface area contributed by atoms with E-state index < -0.39 is 6.10 Å². The normalized spacial score (nSPS) is 12.6. The number of nitrogens with two attached hydrogens (primary N) is 1. The highest BCUT2D eigenvalue weighted by Gasteiger charge is 2.15. The Kier molecular flexibility index (Phi) is 4.57. The van der Waals surface area contributed by atoms with E-state index in [1.807, 2.05) is 26.0 Å². The molecule has 0 aliphatic carbocycles. The van der Waals surface area contributed by atoms with Crippen LogP contribution in [0.15, 0.2) is 16.6 Å². The van der Waals surface area contributed by atoms with Crippen molar-refractivity contribution in [2.24, 2.45) is 5.73 Å². The Hall–Kier alpha value is -0.580. The molecule has 0 aliphatic heterocycles. The fourth-order valence-electron chi connectivity index (χ4n) is 1.47. The zero-order chi connectivity index (χ0) is 11.4. The van der Waals surface area contributed by atoms with Crippen LogP contribution in [0.5, 0.6) is 5.75 Å². The average molecular weight is 274 g/mol. The first-order valence-electron chi connectivity index (χ1n) is 4.91. The van der Waals surface area contributed by atoms with Gasteiger partial charge in [-0.15, -0.1) is 0 Å². The van der Waals surface area contributed by atoms with Crippen molar-refractivity contribution < 1.29 is 9.84 Å². The molecule has 3 N–H and O–H groups in total. The van der Waals surface area contributed by atoms with Gasteiger partial charge < -0.3 is 15.6 Å². The molecule has 0 saturated heterocycles. The van der Waals surface area contributed by atoms with Crippen LogP contribution in [0.3, 0.4) is 0 Å². The van der Waals surface area contributed by atoms with Gasteiger partial charge in [0.1, 0.15) is 5.75 Å². The highest BCUT2D eigenvalue weighted by atomic mass is 79.9. The molecular weight excluding hydrogens is 258 g/mol. The maximum atomic E-state index is 9.76. The van der Waals surface area contributed by atoms with E-state index in [-0.39, 0.29) is 6.54 Å². The molecule has 0 heterocycles. The molecule has 15 heavy (non-hydrogen) atoms. The van der Waals surface area contributed by atoms with Gasteiger partial charge in [0.25, 0.3) is 0 Å². The summed E-state index contributed by atoms with van der Waals surface area (Å²) in [6, 6.07) is 3.80. The summed E-state index contributed by atoms with van der Waals surface area (Å²) in [5.74, 6) is 0.735. The molecule has 0 bridgehead atoms. The van der Waals surface area contributed by atoms with Crippen LogP contribution < -0.4 is 10.5 Å². The zero-order valence-electron chi connectivity index (χ0n) is 8.96. The monoisotopic (exact) mass is 273 g/mol. The first-order chi connectivity index (χ1) is 7.10. The second kappa shape index (κ2) is 5.49. The van der Waals surface area contributed by atoms with Gasteiger partial charge in [0.05, 0.1) is 12.7 Å². The van der Waals surface area contributed by atoms with Gasteiger partial charge in [-0.1, -0.05) is 15.9 Å². The third-order valence-corrected chi connectivity index (χ3v) is 2.60. The lowest BCUT2D eigenvalue weighted by Gasteiger charge is -2.17. The average Bonchev–Trinajstić information content (AvgIpc) is 2.20. The molecule has 1 unspecified atom stereocenters. The summed E-state index contributed by atoms with van der Waals surface area (Å²) in [4.78, 5) is 0. The Labute approximate surface area is 98.4 Å². The van der Waals surface area contributed by atoms with E-state index in [0.29, 0.717) is 6.61 Å². The van der Waals surface area contributed by atoms with E-state index in [2.05, 4.69) is 15.9 Å². The van der Waals surface area contributed by atoms with Gasteiger partial charge in [-0.3, -0.25) is 0 Å². The summed E-state index contributed by atoms with van der Waals surface area (Å²) >= 11 is 3.39. The number of rotatable bonds is 4. The van der Waals surface area contributed by atoms with Crippen molar-refractivity contribution in [3.63, 3.8) is 0 Å². The molecule has 0 radical (unpaired) electrons. The topological polar surface area (TPSA) is 55.5 Å². The molecule has 0 aromatic heterocycles. The molecule has 0 aliphatic rings. The van der Waals surface area contributed by atoms with Crippen molar-refractivity contribution in [3.05, 3.63) is 27.7 Å². The highest BCUT2D eigenvalue weighted by Crippen LogP contribution is 2.32. The molecule has 0 amide bonds. The predicted molar refractivity (Wildman–Crippen MR) is 64.1 cm³/mol. The third-order valence-electron chi connectivity index (χ3n) is 2.14. The number of halogens is 1. The third kappa shape index (κ3) is 2.93. The first-order valence-corrected chi connectivity index (χ1v) is 5.70. The summed E-state index contributed by atoms with van der Waals surface area (Å²) < 4.78 is 6.43. The number of hydrogen-bond acceptors (Lipinski definition) is 3. The zero-order valence-corrected chi connectivity index (χ0v) is 10.5. The number of aliphatic hydroxyl groups is 1. The van der Waals surface area contributed by atoms with Crippen molar-refractivity contribution in [2.45, 2.75) is 20.0 Å². The SMILES string of the molecule is CCOc1c(C)cc(Br)cc1C(O)CN. The summed E-state index contributed by atoms with van der Waals surface area (Å²) in [6.45, 7) is 4.63. The predicted octanol–water partition coefficient (Wildman–Crippen LogP) is 2.15. The van der Waals surface area contributed by atoms with Gasteiger partial charge in [-0.2, -0.15) is 0 Å². The molecule has 0 fully saturated rings. The van der Waals surface area contributed by atoms with Crippen molar-refractivity contribution in [3.8, 4) is 5.75 Å². The molecule has 1 aromatic carbocycles. The maximum absolute atomic E-state index is 9.76. The molecular formula is C11H16BrNO2. The van der Waals surface area contributed by atoms with E-state index in [4.69, 9.17) is 10.5 Å². The number of hydrogen-bond donors (Lipinski definition) is 2. The van der Waals surface area contributed by atoms with Gasteiger partial charge in [0, 0.05) is 16.6 Å². The Morgan fingerprint density at radius 2 is 2.20 bits per heavy atom. The van der Waals surface area contributed by atoms with Gasteiger partial charge >= 0.3 is 0 Å². The van der Waals surface area contributed by atoms with Crippen LogP contribution in [0.25, 0.3) is 0 Å². The number of ether oxygens (including phenoxy) is 1. The minimum absolute atomic E-state index is 0.190. The van der Waals surface area contributed by atoms with E-state index in [0.717, 1.165) is 21.3 Å². The number of aryl methyl sites for hydroxylation is 1. The molecule has 4 heteroatoms. The van der Waals surface area contributed by atoms with Gasteiger partial charge in [0.2, 0.25) is 0 Å². The second-order valence-electron chi connectivity index (χ2n) is 3.33. The Balaban J connectivity index is 3.20. The molecule has 1 rings (SSSR count). The van der Waals surface area contributed by atoms with E-state index in [1.54, 1.807) is 0 Å². The largest absolute Gasteiger partial charge is 0.493 e. The number of aliphatic hydroxyl groups excluding tert-OH is 1. The van der Waals surface area contributed by atoms with Crippen molar-refractivity contribution in [2.75, 3.05) is 13.2 Å². The molecule has 3 nitrogen and oxygen atoms in total. The van der Waals surface area contributed by atoms with E-state index in [1.165, 1.54) is 0 Å². The standard InChI is InChI=1S/C11H16BrNO2/c1-3-15-11-7(2)4-8(12)5-9(11)10(14)6-13/h4-5,10,14H,3,6,13H2,1-2H3. The second-order valence-corrected chi connectivity index (χ2v) is 4.24. The molecule has 1 aromatic rings. The van der Waals surface area contributed by atoms with Crippen LogP contribution in [-0.2, 0) is 0 Å². The summed E-state index contributed by atoms with van der Waals surface area (Å²) in [5.41, 5.74) is 7.18. The van der Waals surface area contributed by atoms with Gasteiger partial charge in [-0.05, 0) is 31.5 Å². The summed E-state index contributed by atoms with van der Waals surface area (Å²) in [7, 11) is 0. The molecule has 84 valence electrons. The van der Waals surface area contributed by atoms with Crippen LogP contribution in [0, 0.1) is 6.92 Å². The van der Waals surface area contributed by atoms with Crippen LogP contribution in [0.2, 0.25) is 0 Å². The molecule has 0 spiro atoms. The lowest BCUT2D eigenvalue weighted by molar-refractivity contribution is 0.180. The van der Waals surface area contributed by atoms with Crippen molar-refractivity contribution in [1.29, 1.82) is 0 Å². The minimum atomic E-state index is -0.678. The lowest BCUT2D eigenvalue weighted by atomic mass is 10.0. The van der Waals surface area contributed by atoms with Crippen LogP contribution in [0.4, 0.5) is 0 Å². The van der Waals surface area contributed by atoms with Crippen molar-refractivity contribution in [1.82, 2.24) is 0 Å². The maximum Gasteiger partial charge on any atom is 0.128 e. The first kappa shape index (κ1) is 12.5. The molecule has 1 atom stereocenters. The number of benzene rings is 1. The smallest absolute Gasteiger partial charge is 0.128 e. The molecule has 0 saturated carbocycles. The minimum Gasteiger partial charge on any atom is -0.493 e. The van der Waals surface area contributed by atoms with Gasteiger partial charge in [-0.25, -0.2) is 0 Å². The Morgan fingerprint density at radius 1 is 1.53 bits per heavy atom. The van der Waals surface area contributed by atoms with Crippen LogP contribution in [-0.4, -0.2) is 18.3 Å².